The third-order valence-corrected chi connectivity index (χ3v) is 3.61. The largest absolute Gasteiger partial charge is 0.468 e. The highest BCUT2D eigenvalue weighted by molar-refractivity contribution is 7.86. The molecule has 2 heterocycles. The monoisotopic (exact) mass is 317 g/mol. The third-order valence-electron chi connectivity index (χ3n) is 2.94. The standard InChI is InChI=1S/C12H16FN3O4S/c1-9-5-11(19-8-9)6-16(3-4-21(13,17)18)7-12-10(2)14-20-15-12/h5,8H,3-4,6-7H2,1-2H3. The van der Waals surface area contributed by atoms with E-state index in [0.29, 0.717) is 30.2 Å². The lowest BCUT2D eigenvalue weighted by Gasteiger charge is -2.18. The smallest absolute Gasteiger partial charge is 0.303 e. The first-order valence-corrected chi connectivity index (χ1v) is 7.85. The number of hydrogen-bond donors (Lipinski definition) is 0. The van der Waals surface area contributed by atoms with Gasteiger partial charge in [0.1, 0.15) is 17.1 Å². The fraction of sp³-hybridized carbons (Fsp3) is 0.500. The van der Waals surface area contributed by atoms with Crippen LogP contribution in [0.15, 0.2) is 21.4 Å². The molecule has 9 heteroatoms. The second-order valence-corrected chi connectivity index (χ2v) is 6.33. The average Bonchev–Trinajstić information content (AvgIpc) is 2.95. The minimum Gasteiger partial charge on any atom is -0.468 e. The minimum absolute atomic E-state index is 0.0187. The SMILES string of the molecule is Cc1coc(CN(CCS(=O)(=O)F)Cc2nonc2C)c1. The zero-order valence-corrected chi connectivity index (χ0v) is 12.6. The summed E-state index contributed by atoms with van der Waals surface area (Å²) in [7, 11) is -4.53. The van der Waals surface area contributed by atoms with Gasteiger partial charge in [0.05, 0.1) is 18.6 Å². The van der Waals surface area contributed by atoms with E-state index < -0.39 is 16.0 Å². The molecule has 2 rings (SSSR count). The number of furan rings is 1. The fourth-order valence-electron chi connectivity index (χ4n) is 1.85. The van der Waals surface area contributed by atoms with Crippen LogP contribution in [-0.4, -0.2) is 35.9 Å². The van der Waals surface area contributed by atoms with Gasteiger partial charge in [-0.2, -0.15) is 8.42 Å². The van der Waals surface area contributed by atoms with Crippen molar-refractivity contribution in [2.45, 2.75) is 26.9 Å². The zero-order valence-electron chi connectivity index (χ0n) is 11.7. The molecule has 0 saturated heterocycles. The Labute approximate surface area is 121 Å². The zero-order chi connectivity index (χ0) is 15.5. The van der Waals surface area contributed by atoms with E-state index in [1.165, 1.54) is 0 Å². The number of aryl methyl sites for hydroxylation is 2. The molecular formula is C12H16FN3O4S. The molecule has 0 bridgehead atoms. The van der Waals surface area contributed by atoms with Crippen LogP contribution in [0.4, 0.5) is 3.89 Å². The topological polar surface area (TPSA) is 89.4 Å². The van der Waals surface area contributed by atoms with Crippen LogP contribution >= 0.6 is 0 Å². The molecule has 116 valence electrons. The molecule has 0 atom stereocenters. The molecule has 0 fully saturated rings. The van der Waals surface area contributed by atoms with Crippen molar-refractivity contribution in [3.8, 4) is 0 Å². The normalized spacial score (nSPS) is 12.2. The molecule has 21 heavy (non-hydrogen) atoms. The Morgan fingerprint density at radius 2 is 2.05 bits per heavy atom. The lowest BCUT2D eigenvalue weighted by atomic mass is 10.3. The van der Waals surface area contributed by atoms with Crippen molar-refractivity contribution in [2.24, 2.45) is 0 Å². The van der Waals surface area contributed by atoms with Crippen molar-refractivity contribution in [2.75, 3.05) is 12.3 Å². The molecule has 0 unspecified atom stereocenters. The van der Waals surface area contributed by atoms with E-state index in [1.54, 1.807) is 18.1 Å². The summed E-state index contributed by atoms with van der Waals surface area (Å²) in [6.07, 6.45) is 1.60. The summed E-state index contributed by atoms with van der Waals surface area (Å²) in [6, 6.07) is 1.84. The van der Waals surface area contributed by atoms with Gasteiger partial charge in [0, 0.05) is 13.1 Å². The molecule has 0 N–H and O–H groups in total. The first-order chi connectivity index (χ1) is 9.83. The van der Waals surface area contributed by atoms with Gasteiger partial charge in [-0.3, -0.25) is 4.90 Å². The van der Waals surface area contributed by atoms with Crippen LogP contribution in [0.25, 0.3) is 0 Å². The Morgan fingerprint density at radius 3 is 2.57 bits per heavy atom. The lowest BCUT2D eigenvalue weighted by Crippen LogP contribution is -2.28. The lowest BCUT2D eigenvalue weighted by molar-refractivity contribution is 0.236. The van der Waals surface area contributed by atoms with Crippen molar-refractivity contribution in [1.29, 1.82) is 0 Å². The fourth-order valence-corrected chi connectivity index (χ4v) is 2.33. The maximum atomic E-state index is 12.7. The average molecular weight is 317 g/mol. The number of hydrogen-bond acceptors (Lipinski definition) is 7. The Bertz CT molecular complexity index is 695. The van der Waals surface area contributed by atoms with Crippen LogP contribution in [0.1, 0.15) is 22.7 Å². The number of aromatic nitrogens is 2. The van der Waals surface area contributed by atoms with E-state index in [-0.39, 0.29) is 6.54 Å². The molecule has 0 aliphatic heterocycles. The highest BCUT2D eigenvalue weighted by Crippen LogP contribution is 2.13. The maximum absolute atomic E-state index is 12.7. The van der Waals surface area contributed by atoms with Gasteiger partial charge in [-0.05, 0) is 25.5 Å². The van der Waals surface area contributed by atoms with Crippen LogP contribution in [0.3, 0.4) is 0 Å². The highest BCUT2D eigenvalue weighted by Gasteiger charge is 2.17. The molecule has 7 nitrogen and oxygen atoms in total. The van der Waals surface area contributed by atoms with Gasteiger partial charge in [-0.1, -0.05) is 10.3 Å². The second kappa shape index (κ2) is 6.35. The third kappa shape index (κ3) is 4.94. The van der Waals surface area contributed by atoms with Gasteiger partial charge < -0.3 is 4.42 Å². The van der Waals surface area contributed by atoms with Crippen molar-refractivity contribution < 1.29 is 21.3 Å². The Kier molecular flexibility index (Phi) is 4.73. The van der Waals surface area contributed by atoms with Gasteiger partial charge in [0.25, 0.3) is 0 Å². The van der Waals surface area contributed by atoms with E-state index in [9.17, 15) is 12.3 Å². The molecule has 0 saturated carbocycles. The van der Waals surface area contributed by atoms with Gasteiger partial charge in [0.2, 0.25) is 0 Å². The Hall–Kier alpha value is -1.74. The van der Waals surface area contributed by atoms with E-state index in [4.69, 9.17) is 4.42 Å². The first kappa shape index (κ1) is 15.6. The first-order valence-electron chi connectivity index (χ1n) is 6.30. The summed E-state index contributed by atoms with van der Waals surface area (Å²) in [5, 5.41) is 7.41. The van der Waals surface area contributed by atoms with E-state index >= 15 is 0 Å². The molecule has 0 spiro atoms. The minimum atomic E-state index is -4.53. The molecule has 2 aromatic rings. The van der Waals surface area contributed by atoms with Gasteiger partial charge in [-0.25, -0.2) is 4.63 Å². The van der Waals surface area contributed by atoms with Crippen LogP contribution in [0.2, 0.25) is 0 Å². The van der Waals surface area contributed by atoms with Crippen LogP contribution in [0.5, 0.6) is 0 Å². The number of rotatable bonds is 7. The molecule has 2 aromatic heterocycles. The van der Waals surface area contributed by atoms with Gasteiger partial charge in [-0.15, -0.1) is 3.89 Å². The summed E-state index contributed by atoms with van der Waals surface area (Å²) < 4.78 is 44.1. The molecular weight excluding hydrogens is 301 g/mol. The van der Waals surface area contributed by atoms with E-state index in [0.717, 1.165) is 5.56 Å². The molecule has 0 aliphatic carbocycles. The van der Waals surface area contributed by atoms with Crippen LogP contribution in [0, 0.1) is 13.8 Å². The number of halogens is 1. The molecule has 0 aliphatic rings. The van der Waals surface area contributed by atoms with Gasteiger partial charge >= 0.3 is 10.2 Å². The van der Waals surface area contributed by atoms with Crippen LogP contribution in [-0.2, 0) is 23.3 Å². The van der Waals surface area contributed by atoms with Crippen molar-refractivity contribution in [3.63, 3.8) is 0 Å². The van der Waals surface area contributed by atoms with Crippen molar-refractivity contribution in [3.05, 3.63) is 35.0 Å². The quantitative estimate of drug-likeness (QED) is 0.716. The summed E-state index contributed by atoms with van der Waals surface area (Å²) >= 11 is 0. The highest BCUT2D eigenvalue weighted by atomic mass is 32.3. The number of nitrogens with zero attached hydrogens (tertiary/aromatic N) is 3. The molecule has 0 aromatic carbocycles. The van der Waals surface area contributed by atoms with Crippen LogP contribution < -0.4 is 0 Å². The van der Waals surface area contributed by atoms with E-state index in [1.807, 2.05) is 13.0 Å². The summed E-state index contributed by atoms with van der Waals surface area (Å²) in [4.78, 5) is 1.71. The van der Waals surface area contributed by atoms with Gasteiger partial charge in [0.15, 0.2) is 0 Å². The Balaban J connectivity index is 2.07. The predicted octanol–water partition coefficient (Wildman–Crippen LogP) is 1.58. The summed E-state index contributed by atoms with van der Waals surface area (Å²) in [5.74, 6) is 0.0784. The van der Waals surface area contributed by atoms with Crippen molar-refractivity contribution >= 4 is 10.2 Å². The molecule has 0 radical (unpaired) electrons. The molecule has 0 amide bonds. The summed E-state index contributed by atoms with van der Waals surface area (Å²) in [6.45, 7) is 4.27. The second-order valence-electron chi connectivity index (χ2n) is 4.84. The maximum Gasteiger partial charge on any atom is 0.303 e. The van der Waals surface area contributed by atoms with Crippen molar-refractivity contribution in [1.82, 2.24) is 15.2 Å². The van der Waals surface area contributed by atoms with E-state index in [2.05, 4.69) is 14.9 Å². The summed E-state index contributed by atoms with van der Waals surface area (Å²) in [5.41, 5.74) is 2.15. The Morgan fingerprint density at radius 1 is 1.29 bits per heavy atom. The predicted molar refractivity (Wildman–Crippen MR) is 71.5 cm³/mol.